The van der Waals surface area contributed by atoms with Crippen molar-refractivity contribution in [2.75, 3.05) is 7.11 Å². The Hall–Kier alpha value is -2.71. The number of benzene rings is 2. The number of methoxy groups -OCH3 is 1. The summed E-state index contributed by atoms with van der Waals surface area (Å²) in [4.78, 5) is 12.5. The molecule has 0 aliphatic rings. The van der Waals surface area contributed by atoms with E-state index in [2.05, 4.69) is 15.5 Å². The maximum Gasteiger partial charge on any atom is 0.233 e. The smallest absolute Gasteiger partial charge is 0.233 e. The van der Waals surface area contributed by atoms with Gasteiger partial charge in [-0.2, -0.15) is 0 Å². The predicted molar refractivity (Wildman–Crippen MR) is 117 cm³/mol. The van der Waals surface area contributed by atoms with Gasteiger partial charge >= 0.3 is 0 Å². The number of aromatic nitrogens is 3. The van der Waals surface area contributed by atoms with Crippen LogP contribution >= 0.6 is 23.4 Å². The molecule has 1 atom stereocenters. The molecule has 0 saturated heterocycles. The zero-order chi connectivity index (χ0) is 21.5. The molecule has 0 aliphatic carbocycles. The van der Waals surface area contributed by atoms with Gasteiger partial charge in [0, 0.05) is 18.6 Å². The Labute approximate surface area is 184 Å². The third-order valence-electron chi connectivity index (χ3n) is 4.38. The van der Waals surface area contributed by atoms with E-state index in [1.165, 1.54) is 11.8 Å². The van der Waals surface area contributed by atoms with Crippen molar-refractivity contribution in [1.82, 2.24) is 20.1 Å². The second-order valence-electron chi connectivity index (χ2n) is 6.53. The third kappa shape index (κ3) is 5.90. The Kier molecular flexibility index (Phi) is 7.59. The second kappa shape index (κ2) is 10.4. The average Bonchev–Trinajstić information content (AvgIpc) is 3.11. The molecule has 1 amide bonds. The van der Waals surface area contributed by atoms with Gasteiger partial charge in [0.1, 0.15) is 18.1 Å². The maximum atomic E-state index is 12.5. The van der Waals surface area contributed by atoms with Gasteiger partial charge in [-0.3, -0.25) is 4.79 Å². The molecular weight excluding hydrogens is 424 g/mol. The summed E-state index contributed by atoms with van der Waals surface area (Å²) in [5, 5.41) is 12.3. The topological polar surface area (TPSA) is 78.3 Å². The fourth-order valence-corrected chi connectivity index (χ4v) is 3.52. The molecule has 1 N–H and O–H groups in total. The van der Waals surface area contributed by atoms with Crippen LogP contribution in [0.3, 0.4) is 0 Å². The van der Waals surface area contributed by atoms with Crippen molar-refractivity contribution >= 4 is 29.3 Å². The van der Waals surface area contributed by atoms with Crippen molar-refractivity contribution in [3.05, 3.63) is 64.9 Å². The van der Waals surface area contributed by atoms with Crippen molar-refractivity contribution in [2.45, 2.75) is 30.5 Å². The summed E-state index contributed by atoms with van der Waals surface area (Å²) in [5.41, 5.74) is 1.00. The molecule has 0 spiro atoms. The molecule has 0 radical (unpaired) electrons. The molecule has 3 aromatic rings. The molecule has 1 unspecified atom stereocenters. The molecule has 30 heavy (non-hydrogen) atoms. The van der Waals surface area contributed by atoms with E-state index in [1.54, 1.807) is 31.4 Å². The molecule has 3 rings (SSSR count). The number of carbonyl (C=O) groups excluding carboxylic acids is 1. The normalized spacial score (nSPS) is 11.7. The highest BCUT2D eigenvalue weighted by molar-refractivity contribution is 8.00. The summed E-state index contributed by atoms with van der Waals surface area (Å²) < 4.78 is 12.7. The van der Waals surface area contributed by atoms with Gasteiger partial charge in [0.05, 0.1) is 12.4 Å². The van der Waals surface area contributed by atoms with Crippen LogP contribution in [0.1, 0.15) is 18.3 Å². The lowest BCUT2D eigenvalue weighted by molar-refractivity contribution is -0.120. The van der Waals surface area contributed by atoms with E-state index in [-0.39, 0.29) is 17.8 Å². The van der Waals surface area contributed by atoms with E-state index in [0.29, 0.717) is 28.3 Å². The number of ether oxygens (including phenoxy) is 2. The van der Waals surface area contributed by atoms with Gasteiger partial charge in [0.15, 0.2) is 11.0 Å². The van der Waals surface area contributed by atoms with E-state index in [4.69, 9.17) is 21.1 Å². The summed E-state index contributed by atoms with van der Waals surface area (Å²) in [7, 11) is 3.47. The minimum absolute atomic E-state index is 0.0715. The molecular formula is C21H23ClN4O3S. The molecule has 158 valence electrons. The fourth-order valence-electron chi connectivity index (χ4n) is 2.54. The van der Waals surface area contributed by atoms with E-state index in [9.17, 15) is 4.79 Å². The van der Waals surface area contributed by atoms with Crippen LogP contribution in [0.25, 0.3) is 0 Å². The largest absolute Gasteiger partial charge is 0.497 e. The number of nitrogens with one attached hydrogen (secondary N) is 1. The van der Waals surface area contributed by atoms with Gasteiger partial charge in [-0.15, -0.1) is 10.2 Å². The highest BCUT2D eigenvalue weighted by atomic mass is 35.5. The van der Waals surface area contributed by atoms with Gasteiger partial charge in [-0.05, 0) is 48.9 Å². The lowest BCUT2D eigenvalue weighted by Crippen LogP contribution is -2.30. The molecule has 0 bridgehead atoms. The van der Waals surface area contributed by atoms with Crippen LogP contribution in [0.5, 0.6) is 11.5 Å². The first-order chi connectivity index (χ1) is 14.5. The summed E-state index contributed by atoms with van der Waals surface area (Å²) in [6.45, 7) is 2.56. The Bertz CT molecular complexity index is 977. The Morgan fingerprint density at radius 2 is 1.80 bits per heavy atom. The third-order valence-corrected chi connectivity index (χ3v) is 5.77. The zero-order valence-electron chi connectivity index (χ0n) is 17.0. The van der Waals surface area contributed by atoms with Crippen LogP contribution < -0.4 is 14.8 Å². The van der Waals surface area contributed by atoms with Gasteiger partial charge in [-0.25, -0.2) is 0 Å². The number of hydrogen-bond donors (Lipinski definition) is 1. The van der Waals surface area contributed by atoms with Crippen molar-refractivity contribution in [1.29, 1.82) is 0 Å². The molecule has 1 heterocycles. The highest BCUT2D eigenvalue weighted by Crippen LogP contribution is 2.23. The van der Waals surface area contributed by atoms with Crippen molar-refractivity contribution in [3.8, 4) is 11.5 Å². The number of hydrogen-bond acceptors (Lipinski definition) is 6. The minimum Gasteiger partial charge on any atom is -0.497 e. The van der Waals surface area contributed by atoms with Gasteiger partial charge in [-0.1, -0.05) is 35.5 Å². The van der Waals surface area contributed by atoms with Crippen LogP contribution in [-0.2, 0) is 25.0 Å². The van der Waals surface area contributed by atoms with Crippen LogP contribution in [0.15, 0.2) is 53.7 Å². The minimum atomic E-state index is -0.323. The van der Waals surface area contributed by atoms with Gasteiger partial charge < -0.3 is 19.4 Å². The maximum absolute atomic E-state index is 12.5. The van der Waals surface area contributed by atoms with Crippen molar-refractivity contribution in [3.63, 3.8) is 0 Å². The monoisotopic (exact) mass is 446 g/mol. The first-order valence-electron chi connectivity index (χ1n) is 9.30. The fraction of sp³-hybridized carbons (Fsp3) is 0.286. The molecule has 9 heteroatoms. The van der Waals surface area contributed by atoms with Gasteiger partial charge in [0.2, 0.25) is 5.91 Å². The van der Waals surface area contributed by atoms with Crippen LogP contribution in [0.2, 0.25) is 5.02 Å². The average molecular weight is 447 g/mol. The van der Waals surface area contributed by atoms with Crippen LogP contribution in [0.4, 0.5) is 0 Å². The molecule has 0 saturated carbocycles. The summed E-state index contributed by atoms with van der Waals surface area (Å²) in [6.07, 6.45) is 0. The van der Waals surface area contributed by atoms with Crippen molar-refractivity contribution < 1.29 is 14.3 Å². The first kappa shape index (κ1) is 22.0. The van der Waals surface area contributed by atoms with Crippen molar-refractivity contribution in [2.24, 2.45) is 7.05 Å². The number of halogens is 1. The standard InChI is InChI=1S/C21H23ClN4O3S/c1-14(20(27)23-12-15-4-8-17(28-3)9-5-15)30-21-25-24-19(26(21)2)13-29-18-10-6-16(22)7-11-18/h4-11,14H,12-13H2,1-3H3,(H,23,27). The number of thioether (sulfide) groups is 1. The number of carbonyl (C=O) groups is 1. The summed E-state index contributed by atoms with van der Waals surface area (Å²) in [5.74, 6) is 2.08. The molecule has 1 aromatic heterocycles. The Balaban J connectivity index is 1.51. The Morgan fingerprint density at radius 1 is 1.13 bits per heavy atom. The van der Waals surface area contributed by atoms with E-state index >= 15 is 0 Å². The molecule has 0 fully saturated rings. The lowest BCUT2D eigenvalue weighted by atomic mass is 10.2. The summed E-state index contributed by atoms with van der Waals surface area (Å²) >= 11 is 7.23. The Morgan fingerprint density at radius 3 is 2.47 bits per heavy atom. The molecule has 0 aliphatic heterocycles. The number of nitrogens with zero attached hydrogens (tertiary/aromatic N) is 3. The lowest BCUT2D eigenvalue weighted by Gasteiger charge is -2.12. The van der Waals surface area contributed by atoms with Crippen LogP contribution in [0, 0.1) is 0 Å². The number of amides is 1. The highest BCUT2D eigenvalue weighted by Gasteiger charge is 2.19. The molecule has 7 nitrogen and oxygen atoms in total. The van der Waals surface area contributed by atoms with Gasteiger partial charge in [0.25, 0.3) is 0 Å². The van der Waals surface area contributed by atoms with E-state index in [0.717, 1.165) is 11.3 Å². The first-order valence-corrected chi connectivity index (χ1v) is 10.6. The second-order valence-corrected chi connectivity index (χ2v) is 8.27. The quantitative estimate of drug-likeness (QED) is 0.503. The van der Waals surface area contributed by atoms with E-state index in [1.807, 2.05) is 42.8 Å². The zero-order valence-corrected chi connectivity index (χ0v) is 18.5. The SMILES string of the molecule is COc1ccc(CNC(=O)C(C)Sc2nnc(COc3ccc(Cl)cc3)n2C)cc1. The predicted octanol–water partition coefficient (Wildman–Crippen LogP) is 3.85. The molecule has 2 aromatic carbocycles. The van der Waals surface area contributed by atoms with Crippen LogP contribution in [-0.4, -0.2) is 33.0 Å². The van der Waals surface area contributed by atoms with E-state index < -0.39 is 0 Å². The summed E-state index contributed by atoms with van der Waals surface area (Å²) in [6, 6.07) is 14.7. The number of rotatable bonds is 9.